The van der Waals surface area contributed by atoms with Crippen molar-refractivity contribution in [3.8, 4) is 0 Å². The fourth-order valence-electron chi connectivity index (χ4n) is 1.19. The third kappa shape index (κ3) is 2.46. The van der Waals surface area contributed by atoms with E-state index in [0.29, 0.717) is 6.54 Å². The number of thioether (sulfide) groups is 1. The molecule has 1 aliphatic rings. The molecule has 1 amide bonds. The van der Waals surface area contributed by atoms with Crippen LogP contribution >= 0.6 is 23.1 Å². The van der Waals surface area contributed by atoms with E-state index in [9.17, 15) is 4.79 Å². The normalized spacial score (nSPS) is 21.0. The number of aromatic nitrogens is 1. The molecule has 1 aromatic heterocycles. The van der Waals surface area contributed by atoms with Crippen LogP contribution < -0.4 is 10.6 Å². The van der Waals surface area contributed by atoms with Crippen LogP contribution in [0, 0.1) is 0 Å². The monoisotopic (exact) mass is 229 g/mol. The highest BCUT2D eigenvalue weighted by Gasteiger charge is 2.21. The van der Waals surface area contributed by atoms with Gasteiger partial charge in [-0.05, 0) is 0 Å². The first-order valence-electron chi connectivity index (χ1n) is 4.33. The van der Waals surface area contributed by atoms with Crippen molar-refractivity contribution in [3.63, 3.8) is 0 Å². The molecule has 0 radical (unpaired) electrons. The second-order valence-corrected chi connectivity index (χ2v) is 4.92. The number of thiazole rings is 1. The number of hydrogen-bond acceptors (Lipinski definition) is 5. The number of carbonyl (C=O) groups is 1. The van der Waals surface area contributed by atoms with Gasteiger partial charge < -0.3 is 5.32 Å². The lowest BCUT2D eigenvalue weighted by Crippen LogP contribution is -2.41. The molecule has 2 heterocycles. The molecule has 2 rings (SSSR count). The van der Waals surface area contributed by atoms with Crippen molar-refractivity contribution in [2.24, 2.45) is 0 Å². The molecule has 1 aromatic rings. The summed E-state index contributed by atoms with van der Waals surface area (Å²) in [5.74, 6) is 1.81. The van der Waals surface area contributed by atoms with Crippen LogP contribution in [0.15, 0.2) is 11.6 Å². The Hall–Kier alpha value is -0.590. The Kier molecular flexibility index (Phi) is 3.39. The third-order valence-corrected chi connectivity index (χ3v) is 3.65. The molecular weight excluding hydrogens is 218 g/mol. The predicted molar refractivity (Wildman–Crippen MR) is 58.2 cm³/mol. The zero-order chi connectivity index (χ0) is 9.80. The largest absolute Gasteiger partial charge is 0.348 e. The molecule has 0 spiro atoms. The number of hydrogen-bond donors (Lipinski definition) is 2. The van der Waals surface area contributed by atoms with Gasteiger partial charge >= 0.3 is 0 Å². The maximum atomic E-state index is 11.5. The van der Waals surface area contributed by atoms with Crippen molar-refractivity contribution < 1.29 is 4.79 Å². The molecule has 6 heteroatoms. The Bertz CT molecular complexity index is 296. The van der Waals surface area contributed by atoms with Gasteiger partial charge in [-0.3, -0.25) is 10.1 Å². The second kappa shape index (κ2) is 4.77. The zero-order valence-electron chi connectivity index (χ0n) is 7.53. The first kappa shape index (κ1) is 9.95. The Morgan fingerprint density at radius 2 is 2.71 bits per heavy atom. The summed E-state index contributed by atoms with van der Waals surface area (Å²) in [7, 11) is 0. The first-order chi connectivity index (χ1) is 6.86. The van der Waals surface area contributed by atoms with E-state index in [1.165, 1.54) is 0 Å². The molecule has 1 atom stereocenters. The summed E-state index contributed by atoms with van der Waals surface area (Å²) in [5.41, 5.74) is 0. The van der Waals surface area contributed by atoms with E-state index >= 15 is 0 Å². The van der Waals surface area contributed by atoms with Crippen molar-refractivity contribution >= 4 is 29.0 Å². The summed E-state index contributed by atoms with van der Waals surface area (Å²) < 4.78 is 0. The van der Waals surface area contributed by atoms with E-state index in [1.807, 2.05) is 5.38 Å². The Morgan fingerprint density at radius 1 is 1.79 bits per heavy atom. The van der Waals surface area contributed by atoms with Crippen LogP contribution in [0.1, 0.15) is 5.01 Å². The quantitative estimate of drug-likeness (QED) is 0.789. The first-order valence-corrected chi connectivity index (χ1v) is 6.37. The van der Waals surface area contributed by atoms with Gasteiger partial charge in [-0.1, -0.05) is 0 Å². The van der Waals surface area contributed by atoms with Crippen molar-refractivity contribution in [3.05, 3.63) is 16.6 Å². The van der Waals surface area contributed by atoms with Gasteiger partial charge in [0.1, 0.15) is 5.01 Å². The van der Waals surface area contributed by atoms with Crippen molar-refractivity contribution in [1.29, 1.82) is 0 Å². The standard InChI is InChI=1S/C8H11N3OS2/c12-8(6-4-13-5-11-6)10-3-7-9-1-2-14-7/h1-2,6,11H,3-5H2,(H,10,12). The zero-order valence-corrected chi connectivity index (χ0v) is 9.16. The minimum atomic E-state index is -0.0278. The van der Waals surface area contributed by atoms with E-state index in [4.69, 9.17) is 0 Å². The van der Waals surface area contributed by atoms with Gasteiger partial charge in [0, 0.05) is 23.2 Å². The molecule has 76 valence electrons. The number of amides is 1. The van der Waals surface area contributed by atoms with Crippen LogP contribution in [-0.4, -0.2) is 28.6 Å². The Morgan fingerprint density at radius 3 is 3.36 bits per heavy atom. The highest BCUT2D eigenvalue weighted by molar-refractivity contribution is 7.99. The maximum Gasteiger partial charge on any atom is 0.238 e. The van der Waals surface area contributed by atoms with Gasteiger partial charge in [0.15, 0.2) is 0 Å². The summed E-state index contributed by atoms with van der Waals surface area (Å²) in [4.78, 5) is 15.6. The van der Waals surface area contributed by atoms with Crippen LogP contribution in [-0.2, 0) is 11.3 Å². The molecular formula is C8H11N3OS2. The van der Waals surface area contributed by atoms with Gasteiger partial charge in [0.05, 0.1) is 12.6 Å². The van der Waals surface area contributed by atoms with Gasteiger partial charge in [-0.15, -0.1) is 23.1 Å². The lowest BCUT2D eigenvalue weighted by molar-refractivity contribution is -0.122. The minimum Gasteiger partial charge on any atom is -0.348 e. The van der Waals surface area contributed by atoms with Gasteiger partial charge in [0.2, 0.25) is 5.91 Å². The molecule has 2 N–H and O–H groups in total. The maximum absolute atomic E-state index is 11.5. The van der Waals surface area contributed by atoms with Crippen LogP contribution in [0.25, 0.3) is 0 Å². The average molecular weight is 229 g/mol. The highest BCUT2D eigenvalue weighted by Crippen LogP contribution is 2.09. The summed E-state index contributed by atoms with van der Waals surface area (Å²) in [5, 5.41) is 8.84. The van der Waals surface area contributed by atoms with Gasteiger partial charge in [0.25, 0.3) is 0 Å². The molecule has 1 fully saturated rings. The van der Waals surface area contributed by atoms with E-state index in [0.717, 1.165) is 16.6 Å². The van der Waals surface area contributed by atoms with Gasteiger partial charge in [-0.25, -0.2) is 4.98 Å². The lowest BCUT2D eigenvalue weighted by Gasteiger charge is -2.08. The predicted octanol–water partition coefficient (Wildman–Crippen LogP) is 0.422. The minimum absolute atomic E-state index is 0.0278. The fourth-order valence-corrected chi connectivity index (χ4v) is 2.69. The number of carbonyl (C=O) groups excluding carboxylic acids is 1. The molecule has 4 nitrogen and oxygen atoms in total. The molecule has 0 aliphatic carbocycles. The molecule has 1 saturated heterocycles. The van der Waals surface area contributed by atoms with Gasteiger partial charge in [-0.2, -0.15) is 0 Å². The van der Waals surface area contributed by atoms with Crippen molar-refractivity contribution in [2.45, 2.75) is 12.6 Å². The molecule has 0 bridgehead atoms. The summed E-state index contributed by atoms with van der Waals surface area (Å²) >= 11 is 3.30. The lowest BCUT2D eigenvalue weighted by atomic mass is 10.3. The summed E-state index contributed by atoms with van der Waals surface area (Å²) in [6, 6.07) is -0.0278. The van der Waals surface area contributed by atoms with Crippen LogP contribution in [0.4, 0.5) is 0 Å². The summed E-state index contributed by atoms with van der Waals surface area (Å²) in [6.07, 6.45) is 1.75. The second-order valence-electron chi connectivity index (χ2n) is 2.92. The van der Waals surface area contributed by atoms with E-state index < -0.39 is 0 Å². The molecule has 0 saturated carbocycles. The van der Waals surface area contributed by atoms with Crippen LogP contribution in [0.3, 0.4) is 0 Å². The molecule has 0 aromatic carbocycles. The fraction of sp³-hybridized carbons (Fsp3) is 0.500. The Labute approximate surface area is 90.5 Å². The Balaban J connectivity index is 1.77. The topological polar surface area (TPSA) is 54.0 Å². The van der Waals surface area contributed by atoms with E-state index in [2.05, 4.69) is 15.6 Å². The molecule has 14 heavy (non-hydrogen) atoms. The molecule has 1 unspecified atom stereocenters. The number of nitrogens with one attached hydrogen (secondary N) is 2. The summed E-state index contributed by atoms with van der Waals surface area (Å²) in [6.45, 7) is 0.541. The average Bonchev–Trinajstić information content (AvgIpc) is 2.87. The van der Waals surface area contributed by atoms with Crippen LogP contribution in [0.5, 0.6) is 0 Å². The van der Waals surface area contributed by atoms with Crippen molar-refractivity contribution in [2.75, 3.05) is 11.6 Å². The van der Waals surface area contributed by atoms with Crippen LogP contribution in [0.2, 0.25) is 0 Å². The highest BCUT2D eigenvalue weighted by atomic mass is 32.2. The number of rotatable bonds is 3. The SMILES string of the molecule is O=C(NCc1nccs1)C1CSCN1. The van der Waals surface area contributed by atoms with E-state index in [-0.39, 0.29) is 11.9 Å². The van der Waals surface area contributed by atoms with E-state index in [1.54, 1.807) is 29.3 Å². The molecule has 1 aliphatic heterocycles. The van der Waals surface area contributed by atoms with Crippen molar-refractivity contribution in [1.82, 2.24) is 15.6 Å². The third-order valence-electron chi connectivity index (χ3n) is 1.93. The number of nitrogens with zero attached hydrogens (tertiary/aromatic N) is 1. The smallest absolute Gasteiger partial charge is 0.238 e.